The first kappa shape index (κ1) is 16.0. The molecule has 0 bridgehead atoms. The number of amides is 2. The fourth-order valence-electron chi connectivity index (χ4n) is 1.82. The molecule has 4 N–H and O–H groups in total. The van der Waals surface area contributed by atoms with E-state index in [1.54, 1.807) is 6.20 Å². The van der Waals surface area contributed by atoms with Crippen LogP contribution in [0.4, 0.5) is 4.79 Å². The number of aliphatic carboxylic acids is 1. The Morgan fingerprint density at radius 3 is 2.60 bits per heavy atom. The van der Waals surface area contributed by atoms with Crippen LogP contribution in [-0.4, -0.2) is 33.6 Å². The number of rotatable bonds is 6. The van der Waals surface area contributed by atoms with Crippen LogP contribution in [0.1, 0.15) is 32.9 Å². The molecule has 0 aliphatic carbocycles. The van der Waals surface area contributed by atoms with Gasteiger partial charge in [0.05, 0.1) is 24.5 Å². The van der Waals surface area contributed by atoms with E-state index >= 15 is 0 Å². The zero-order valence-corrected chi connectivity index (χ0v) is 12.1. The molecule has 0 saturated heterocycles. The van der Waals surface area contributed by atoms with Gasteiger partial charge in [0.25, 0.3) is 0 Å². The van der Waals surface area contributed by atoms with Crippen molar-refractivity contribution in [3.63, 3.8) is 0 Å². The SMILES string of the molecule is CC(C)(C)CC(CNC(=O)NCc1cnc[nH]1)C(=O)O. The van der Waals surface area contributed by atoms with Crippen LogP contribution in [0.5, 0.6) is 0 Å². The zero-order valence-electron chi connectivity index (χ0n) is 12.1. The molecule has 0 spiro atoms. The van der Waals surface area contributed by atoms with Gasteiger partial charge in [0.1, 0.15) is 0 Å². The summed E-state index contributed by atoms with van der Waals surface area (Å²) in [5, 5.41) is 14.4. The largest absolute Gasteiger partial charge is 0.481 e. The number of nitrogens with one attached hydrogen (secondary N) is 3. The van der Waals surface area contributed by atoms with Crippen molar-refractivity contribution in [2.45, 2.75) is 33.7 Å². The van der Waals surface area contributed by atoms with E-state index in [0.717, 1.165) is 5.69 Å². The second kappa shape index (κ2) is 6.93. The van der Waals surface area contributed by atoms with Crippen LogP contribution < -0.4 is 10.6 Å². The van der Waals surface area contributed by atoms with Gasteiger partial charge in [0.15, 0.2) is 0 Å². The first-order chi connectivity index (χ1) is 9.28. The molecular weight excluding hydrogens is 260 g/mol. The monoisotopic (exact) mass is 282 g/mol. The minimum Gasteiger partial charge on any atom is -0.481 e. The van der Waals surface area contributed by atoms with Gasteiger partial charge in [-0.15, -0.1) is 0 Å². The number of carboxylic acids is 1. The van der Waals surface area contributed by atoms with E-state index in [9.17, 15) is 9.59 Å². The maximum atomic E-state index is 11.6. The van der Waals surface area contributed by atoms with E-state index in [-0.39, 0.29) is 18.0 Å². The van der Waals surface area contributed by atoms with Gasteiger partial charge in [-0.2, -0.15) is 0 Å². The average molecular weight is 282 g/mol. The highest BCUT2D eigenvalue weighted by molar-refractivity contribution is 5.75. The third-order valence-corrected chi connectivity index (χ3v) is 2.71. The minimum absolute atomic E-state index is 0.100. The topological polar surface area (TPSA) is 107 Å². The van der Waals surface area contributed by atoms with Crippen molar-refractivity contribution in [2.75, 3.05) is 6.54 Å². The standard InChI is InChI=1S/C13H22N4O3/c1-13(2,3)4-9(11(18)19)5-15-12(20)16-7-10-6-14-8-17-10/h6,8-9H,4-5,7H2,1-3H3,(H,14,17)(H,18,19)(H2,15,16,20). The number of urea groups is 1. The number of imidazole rings is 1. The van der Waals surface area contributed by atoms with Crippen molar-refractivity contribution >= 4 is 12.0 Å². The number of nitrogens with zero attached hydrogens (tertiary/aromatic N) is 1. The lowest BCUT2D eigenvalue weighted by atomic mass is 9.84. The van der Waals surface area contributed by atoms with Crippen molar-refractivity contribution in [2.24, 2.45) is 11.3 Å². The van der Waals surface area contributed by atoms with Gasteiger partial charge in [-0.3, -0.25) is 4.79 Å². The van der Waals surface area contributed by atoms with Crippen LogP contribution in [0.2, 0.25) is 0 Å². The lowest BCUT2D eigenvalue weighted by Gasteiger charge is -2.23. The number of carboxylic acid groups (broad SMARTS) is 1. The van der Waals surface area contributed by atoms with Gasteiger partial charge in [0.2, 0.25) is 0 Å². The second-order valence-corrected chi connectivity index (χ2v) is 5.94. The number of H-pyrrole nitrogens is 1. The maximum absolute atomic E-state index is 11.6. The minimum atomic E-state index is -0.895. The third kappa shape index (κ3) is 6.21. The highest BCUT2D eigenvalue weighted by Gasteiger charge is 2.24. The van der Waals surface area contributed by atoms with Gasteiger partial charge >= 0.3 is 12.0 Å². The molecule has 1 rings (SSSR count). The van der Waals surface area contributed by atoms with E-state index in [1.165, 1.54) is 6.33 Å². The summed E-state index contributed by atoms with van der Waals surface area (Å²) in [5.74, 6) is -1.48. The molecule has 2 amide bonds. The Labute approximate surface area is 118 Å². The molecule has 7 heteroatoms. The highest BCUT2D eigenvalue weighted by Crippen LogP contribution is 2.24. The summed E-state index contributed by atoms with van der Waals surface area (Å²) in [6.07, 6.45) is 3.64. The Hall–Kier alpha value is -2.05. The number of hydrogen-bond acceptors (Lipinski definition) is 3. The summed E-state index contributed by atoms with van der Waals surface area (Å²) in [6, 6.07) is -0.389. The summed E-state index contributed by atoms with van der Waals surface area (Å²) in [4.78, 5) is 29.4. The molecular formula is C13H22N4O3. The number of aromatic nitrogens is 2. The summed E-state index contributed by atoms with van der Waals surface area (Å²) in [6.45, 7) is 6.36. The molecule has 0 aliphatic heterocycles. The second-order valence-electron chi connectivity index (χ2n) is 5.94. The third-order valence-electron chi connectivity index (χ3n) is 2.71. The zero-order chi connectivity index (χ0) is 15.2. The molecule has 20 heavy (non-hydrogen) atoms. The quantitative estimate of drug-likeness (QED) is 0.631. The molecule has 0 saturated carbocycles. The molecule has 1 aromatic rings. The summed E-state index contributed by atoms with van der Waals surface area (Å²) >= 11 is 0. The molecule has 1 atom stereocenters. The average Bonchev–Trinajstić information content (AvgIpc) is 2.83. The van der Waals surface area contributed by atoms with E-state index in [0.29, 0.717) is 13.0 Å². The smallest absolute Gasteiger partial charge is 0.315 e. The summed E-state index contributed by atoms with van der Waals surface area (Å²) in [7, 11) is 0. The molecule has 1 heterocycles. The van der Waals surface area contributed by atoms with E-state index < -0.39 is 11.9 Å². The Morgan fingerprint density at radius 1 is 1.40 bits per heavy atom. The predicted octanol–water partition coefficient (Wildman–Crippen LogP) is 1.35. The highest BCUT2D eigenvalue weighted by atomic mass is 16.4. The number of hydrogen-bond donors (Lipinski definition) is 4. The van der Waals surface area contributed by atoms with Crippen molar-refractivity contribution < 1.29 is 14.7 Å². The summed E-state index contributed by atoms with van der Waals surface area (Å²) in [5.41, 5.74) is 0.682. The van der Waals surface area contributed by atoms with E-state index in [2.05, 4.69) is 20.6 Å². The number of carbonyl (C=O) groups is 2. The first-order valence-electron chi connectivity index (χ1n) is 6.49. The molecule has 1 unspecified atom stereocenters. The fraction of sp³-hybridized carbons (Fsp3) is 0.615. The molecule has 0 aromatic carbocycles. The lowest BCUT2D eigenvalue weighted by molar-refractivity contribution is -0.142. The van der Waals surface area contributed by atoms with Crippen LogP contribution in [0, 0.1) is 11.3 Å². The van der Waals surface area contributed by atoms with Gasteiger partial charge in [-0.25, -0.2) is 9.78 Å². The molecule has 7 nitrogen and oxygen atoms in total. The van der Waals surface area contributed by atoms with Gasteiger partial charge in [-0.1, -0.05) is 20.8 Å². The Balaban J connectivity index is 2.35. The van der Waals surface area contributed by atoms with E-state index in [4.69, 9.17) is 5.11 Å². The van der Waals surface area contributed by atoms with Crippen molar-refractivity contribution in [1.29, 1.82) is 0 Å². The Morgan fingerprint density at radius 2 is 2.10 bits per heavy atom. The molecule has 1 aromatic heterocycles. The fourth-order valence-corrected chi connectivity index (χ4v) is 1.82. The Kier molecular flexibility index (Phi) is 5.54. The molecule has 0 fully saturated rings. The van der Waals surface area contributed by atoms with Crippen molar-refractivity contribution in [3.8, 4) is 0 Å². The number of carbonyl (C=O) groups excluding carboxylic acids is 1. The van der Waals surface area contributed by atoms with Crippen molar-refractivity contribution in [1.82, 2.24) is 20.6 Å². The van der Waals surface area contributed by atoms with E-state index in [1.807, 2.05) is 20.8 Å². The van der Waals surface area contributed by atoms with Crippen molar-refractivity contribution in [3.05, 3.63) is 18.2 Å². The number of aromatic amines is 1. The van der Waals surface area contributed by atoms with Crippen LogP contribution in [0.15, 0.2) is 12.5 Å². The molecule has 112 valence electrons. The van der Waals surface area contributed by atoms with Gasteiger partial charge in [0, 0.05) is 12.7 Å². The van der Waals surface area contributed by atoms with Crippen LogP contribution in [0.3, 0.4) is 0 Å². The first-order valence-corrected chi connectivity index (χ1v) is 6.49. The normalized spacial score (nSPS) is 12.8. The van der Waals surface area contributed by atoms with Gasteiger partial charge < -0.3 is 20.7 Å². The molecule has 0 aliphatic rings. The summed E-state index contributed by atoms with van der Waals surface area (Å²) < 4.78 is 0. The van der Waals surface area contributed by atoms with Crippen LogP contribution in [0.25, 0.3) is 0 Å². The van der Waals surface area contributed by atoms with Crippen LogP contribution in [-0.2, 0) is 11.3 Å². The Bertz CT molecular complexity index is 437. The predicted molar refractivity (Wildman–Crippen MR) is 74.0 cm³/mol. The lowest BCUT2D eigenvalue weighted by Crippen LogP contribution is -2.40. The molecule has 0 radical (unpaired) electrons. The van der Waals surface area contributed by atoms with Crippen LogP contribution >= 0.6 is 0 Å². The maximum Gasteiger partial charge on any atom is 0.315 e. The van der Waals surface area contributed by atoms with Gasteiger partial charge in [-0.05, 0) is 11.8 Å².